The summed E-state index contributed by atoms with van der Waals surface area (Å²) in [5, 5.41) is 4.27. The van der Waals surface area contributed by atoms with Crippen molar-refractivity contribution in [1.82, 2.24) is 5.43 Å². The Kier molecular flexibility index (Phi) is 9.62. The summed E-state index contributed by atoms with van der Waals surface area (Å²) >= 11 is 12.1. The Morgan fingerprint density at radius 2 is 1.68 bits per heavy atom. The van der Waals surface area contributed by atoms with Crippen LogP contribution in [0.25, 0.3) is 0 Å². The van der Waals surface area contributed by atoms with Gasteiger partial charge in [-0.15, -0.1) is 0 Å². The fourth-order valence-corrected chi connectivity index (χ4v) is 4.41. The number of hydrazone groups is 1. The van der Waals surface area contributed by atoms with E-state index in [1.165, 1.54) is 56.8 Å². The topological polar surface area (TPSA) is 113 Å². The van der Waals surface area contributed by atoms with Gasteiger partial charge in [0.1, 0.15) is 4.90 Å². The predicted octanol–water partition coefficient (Wildman–Crippen LogP) is 5.33. The lowest BCUT2D eigenvalue weighted by Gasteiger charge is -2.13. The van der Waals surface area contributed by atoms with Gasteiger partial charge in [-0.2, -0.15) is 13.5 Å². The number of methoxy groups -OCH3 is 2. The maximum atomic E-state index is 12.6. The Morgan fingerprint density at radius 3 is 2.32 bits per heavy atom. The molecule has 12 heteroatoms. The maximum absolute atomic E-state index is 12.6. The molecule has 0 fully saturated rings. The molecule has 0 aliphatic carbocycles. The molecule has 0 heterocycles. The van der Waals surface area contributed by atoms with Crippen molar-refractivity contribution in [1.29, 1.82) is 0 Å². The lowest BCUT2D eigenvalue weighted by molar-refractivity contribution is 0.0954. The SMILES string of the molecule is CCCOc1ccc(C(=O)N/N=C/c2cc(Cl)c(OS(=O)(=O)c3ccc(Cl)cc3)c(OC)c2)cc1OC. The fourth-order valence-electron chi connectivity index (χ4n) is 3.02. The third-order valence-corrected chi connectivity index (χ3v) is 6.58. The van der Waals surface area contributed by atoms with Crippen LogP contribution >= 0.6 is 23.2 Å². The Labute approximate surface area is 225 Å². The molecule has 0 saturated carbocycles. The van der Waals surface area contributed by atoms with Gasteiger partial charge in [-0.25, -0.2) is 5.43 Å². The molecule has 1 amide bonds. The van der Waals surface area contributed by atoms with Crippen molar-refractivity contribution in [2.45, 2.75) is 18.2 Å². The van der Waals surface area contributed by atoms with Crippen molar-refractivity contribution in [2.24, 2.45) is 5.10 Å². The van der Waals surface area contributed by atoms with Crippen LogP contribution in [0.5, 0.6) is 23.0 Å². The quantitative estimate of drug-likeness (QED) is 0.189. The van der Waals surface area contributed by atoms with Gasteiger partial charge in [-0.1, -0.05) is 30.1 Å². The van der Waals surface area contributed by atoms with Crippen LogP contribution in [-0.2, 0) is 10.1 Å². The number of nitrogens with one attached hydrogen (secondary N) is 1. The summed E-state index contributed by atoms with van der Waals surface area (Å²) in [6.45, 7) is 2.51. The van der Waals surface area contributed by atoms with E-state index in [2.05, 4.69) is 10.5 Å². The number of halogens is 2. The molecule has 0 radical (unpaired) electrons. The van der Waals surface area contributed by atoms with Crippen molar-refractivity contribution in [3.05, 3.63) is 75.8 Å². The van der Waals surface area contributed by atoms with Crippen LogP contribution in [0.15, 0.2) is 64.6 Å². The lowest BCUT2D eigenvalue weighted by Crippen LogP contribution is -2.17. The zero-order valence-corrected chi connectivity index (χ0v) is 22.5. The molecule has 3 aromatic rings. The van der Waals surface area contributed by atoms with Gasteiger partial charge >= 0.3 is 10.1 Å². The minimum Gasteiger partial charge on any atom is -0.493 e. The highest BCUT2D eigenvalue weighted by molar-refractivity contribution is 7.87. The highest BCUT2D eigenvalue weighted by Gasteiger charge is 2.22. The summed E-state index contributed by atoms with van der Waals surface area (Å²) in [6, 6.07) is 13.1. The van der Waals surface area contributed by atoms with E-state index < -0.39 is 16.0 Å². The van der Waals surface area contributed by atoms with E-state index in [0.717, 1.165) is 6.42 Å². The summed E-state index contributed by atoms with van der Waals surface area (Å²) < 4.78 is 46.7. The van der Waals surface area contributed by atoms with Crippen molar-refractivity contribution in [3.8, 4) is 23.0 Å². The van der Waals surface area contributed by atoms with Gasteiger partial charge in [0, 0.05) is 10.6 Å². The molecule has 0 bridgehead atoms. The minimum absolute atomic E-state index is 0.0444. The van der Waals surface area contributed by atoms with Crippen molar-refractivity contribution < 1.29 is 31.6 Å². The number of ether oxygens (including phenoxy) is 3. The molecule has 0 saturated heterocycles. The van der Waals surface area contributed by atoms with Crippen LogP contribution in [0.3, 0.4) is 0 Å². The monoisotopic (exact) mass is 566 g/mol. The van der Waals surface area contributed by atoms with Gasteiger partial charge in [0.25, 0.3) is 5.91 Å². The van der Waals surface area contributed by atoms with E-state index in [-0.39, 0.29) is 21.4 Å². The Hall–Kier alpha value is -3.47. The molecule has 0 aliphatic heterocycles. The van der Waals surface area contributed by atoms with Crippen LogP contribution in [0.2, 0.25) is 10.0 Å². The number of hydrogen-bond donors (Lipinski definition) is 1. The summed E-state index contributed by atoms with van der Waals surface area (Å²) in [4.78, 5) is 12.4. The molecule has 3 aromatic carbocycles. The second-order valence-corrected chi connectivity index (χ2v) is 9.83. The number of rotatable bonds is 11. The lowest BCUT2D eigenvalue weighted by atomic mass is 10.2. The van der Waals surface area contributed by atoms with E-state index in [9.17, 15) is 13.2 Å². The van der Waals surface area contributed by atoms with Crippen molar-refractivity contribution in [2.75, 3.05) is 20.8 Å². The van der Waals surface area contributed by atoms with Crippen molar-refractivity contribution in [3.63, 3.8) is 0 Å². The largest absolute Gasteiger partial charge is 0.493 e. The van der Waals surface area contributed by atoms with Gasteiger partial charge < -0.3 is 18.4 Å². The smallest absolute Gasteiger partial charge is 0.339 e. The van der Waals surface area contributed by atoms with Crippen LogP contribution in [-0.4, -0.2) is 41.4 Å². The van der Waals surface area contributed by atoms with E-state index in [1.807, 2.05) is 6.92 Å². The first-order valence-corrected chi connectivity index (χ1v) is 13.1. The summed E-state index contributed by atoms with van der Waals surface area (Å²) in [6.07, 6.45) is 2.15. The van der Waals surface area contributed by atoms with Crippen molar-refractivity contribution >= 4 is 45.4 Å². The average molecular weight is 567 g/mol. The highest BCUT2D eigenvalue weighted by atomic mass is 35.5. The third kappa shape index (κ3) is 7.28. The summed E-state index contributed by atoms with van der Waals surface area (Å²) in [5.74, 6) is 0.323. The molecule has 0 aliphatic rings. The van der Waals surface area contributed by atoms with E-state index in [0.29, 0.717) is 34.3 Å². The molecule has 3 rings (SSSR count). The number of hydrogen-bond acceptors (Lipinski definition) is 8. The summed E-state index contributed by atoms with van der Waals surface area (Å²) in [5.41, 5.74) is 3.14. The highest BCUT2D eigenvalue weighted by Crippen LogP contribution is 2.38. The van der Waals surface area contributed by atoms with Gasteiger partial charge in [0.2, 0.25) is 5.75 Å². The van der Waals surface area contributed by atoms with Crippen LogP contribution in [0.4, 0.5) is 0 Å². The fraction of sp³-hybridized carbons (Fsp3) is 0.200. The molecule has 0 unspecified atom stereocenters. The Balaban J connectivity index is 1.75. The number of nitrogens with zero attached hydrogens (tertiary/aromatic N) is 1. The second kappa shape index (κ2) is 12.7. The normalized spacial score (nSPS) is 11.3. The molecular formula is C25H24Cl2N2O7S. The Morgan fingerprint density at radius 1 is 0.973 bits per heavy atom. The average Bonchev–Trinajstić information content (AvgIpc) is 2.88. The first-order chi connectivity index (χ1) is 17.7. The second-order valence-electron chi connectivity index (χ2n) is 7.44. The number of carbonyl (C=O) groups excluding carboxylic acids is 1. The molecule has 0 atom stereocenters. The van der Waals surface area contributed by atoms with Gasteiger partial charge in [0.05, 0.1) is 32.1 Å². The van der Waals surface area contributed by atoms with Gasteiger partial charge in [-0.05, 0) is 66.6 Å². The van der Waals surface area contributed by atoms with Crippen LogP contribution in [0, 0.1) is 0 Å². The Bertz CT molecular complexity index is 1390. The third-order valence-electron chi connectivity index (χ3n) is 4.81. The molecule has 9 nitrogen and oxygen atoms in total. The molecule has 0 aromatic heterocycles. The van der Waals surface area contributed by atoms with E-state index in [4.69, 9.17) is 41.6 Å². The molecule has 196 valence electrons. The van der Waals surface area contributed by atoms with Gasteiger partial charge in [-0.3, -0.25) is 4.79 Å². The first-order valence-electron chi connectivity index (χ1n) is 10.9. The molecule has 1 N–H and O–H groups in total. The predicted molar refractivity (Wildman–Crippen MR) is 141 cm³/mol. The van der Waals surface area contributed by atoms with E-state index >= 15 is 0 Å². The molecular weight excluding hydrogens is 543 g/mol. The number of amides is 1. The molecule has 37 heavy (non-hydrogen) atoms. The van der Waals surface area contributed by atoms with Gasteiger partial charge in [0.15, 0.2) is 17.2 Å². The van der Waals surface area contributed by atoms with E-state index in [1.54, 1.807) is 18.2 Å². The zero-order chi connectivity index (χ0) is 27.0. The van der Waals surface area contributed by atoms with Crippen LogP contribution < -0.4 is 23.8 Å². The van der Waals surface area contributed by atoms with Crippen LogP contribution in [0.1, 0.15) is 29.3 Å². The maximum Gasteiger partial charge on any atom is 0.339 e. The standard InChI is InChI=1S/C25H24Cl2N2O7S/c1-4-11-35-21-10-5-17(14-22(21)33-2)25(30)29-28-15-16-12-20(27)24(23(13-16)34-3)36-37(31,32)19-8-6-18(26)7-9-19/h5-10,12-15H,4,11H2,1-3H3,(H,29,30)/b28-15+. The number of benzene rings is 3. The number of carbonyl (C=O) groups is 1. The molecule has 0 spiro atoms. The first kappa shape index (κ1) is 28.1. The minimum atomic E-state index is -4.20. The zero-order valence-electron chi connectivity index (χ0n) is 20.2. The summed E-state index contributed by atoms with van der Waals surface area (Å²) in [7, 11) is -1.39.